The monoisotopic (exact) mass is 281 g/mol. The van der Waals surface area contributed by atoms with E-state index in [1.807, 2.05) is 6.07 Å². The summed E-state index contributed by atoms with van der Waals surface area (Å²) in [6.45, 7) is 0. The molecule has 2 aromatic rings. The molecular formula is C14H7ClF3N. The maximum atomic E-state index is 12.6. The van der Waals surface area contributed by atoms with Crippen LogP contribution < -0.4 is 0 Å². The lowest BCUT2D eigenvalue weighted by Crippen LogP contribution is -2.05. The summed E-state index contributed by atoms with van der Waals surface area (Å²) in [6, 6.07) is 12.1. The lowest BCUT2D eigenvalue weighted by molar-refractivity contribution is -0.137. The van der Waals surface area contributed by atoms with E-state index in [1.54, 1.807) is 24.3 Å². The van der Waals surface area contributed by atoms with Crippen LogP contribution in [0.3, 0.4) is 0 Å². The van der Waals surface area contributed by atoms with Crippen molar-refractivity contribution in [3.63, 3.8) is 0 Å². The van der Waals surface area contributed by atoms with E-state index >= 15 is 0 Å². The van der Waals surface area contributed by atoms with Gasteiger partial charge >= 0.3 is 6.18 Å². The first-order valence-corrected chi connectivity index (χ1v) is 5.67. The zero-order valence-corrected chi connectivity index (χ0v) is 10.3. The third-order valence-electron chi connectivity index (χ3n) is 2.63. The fourth-order valence-corrected chi connectivity index (χ4v) is 2.03. The van der Waals surface area contributed by atoms with Crippen molar-refractivity contribution in [3.8, 4) is 17.2 Å². The van der Waals surface area contributed by atoms with E-state index in [9.17, 15) is 13.2 Å². The molecule has 96 valence electrons. The smallest absolute Gasteiger partial charge is 0.192 e. The summed E-state index contributed by atoms with van der Waals surface area (Å²) in [6.07, 6.45) is -4.48. The van der Waals surface area contributed by atoms with Gasteiger partial charge in [0.25, 0.3) is 0 Å². The van der Waals surface area contributed by atoms with Gasteiger partial charge in [-0.15, -0.1) is 0 Å². The summed E-state index contributed by atoms with van der Waals surface area (Å²) < 4.78 is 37.8. The van der Waals surface area contributed by atoms with Crippen molar-refractivity contribution in [1.29, 1.82) is 5.26 Å². The molecule has 0 saturated heterocycles. The minimum Gasteiger partial charge on any atom is -0.192 e. The van der Waals surface area contributed by atoms with Crippen LogP contribution in [0.15, 0.2) is 42.5 Å². The Balaban J connectivity index is 2.55. The normalized spacial score (nSPS) is 11.1. The highest BCUT2D eigenvalue weighted by Crippen LogP contribution is 2.37. The second kappa shape index (κ2) is 4.94. The molecule has 0 N–H and O–H groups in total. The van der Waals surface area contributed by atoms with Crippen molar-refractivity contribution in [2.75, 3.05) is 0 Å². The second-order valence-corrected chi connectivity index (χ2v) is 4.26. The van der Waals surface area contributed by atoms with Crippen LogP contribution in [0.5, 0.6) is 0 Å². The van der Waals surface area contributed by atoms with Gasteiger partial charge in [-0.25, -0.2) is 0 Å². The number of rotatable bonds is 1. The molecule has 0 aliphatic heterocycles. The van der Waals surface area contributed by atoms with Crippen molar-refractivity contribution in [3.05, 3.63) is 58.6 Å². The van der Waals surface area contributed by atoms with E-state index in [1.165, 1.54) is 12.1 Å². The molecule has 0 fully saturated rings. The minimum absolute atomic E-state index is 0.377. The summed E-state index contributed by atoms with van der Waals surface area (Å²) in [5.41, 5.74) is 0.543. The van der Waals surface area contributed by atoms with Gasteiger partial charge < -0.3 is 0 Å². The molecule has 0 aliphatic carbocycles. The number of nitriles is 1. The molecule has 2 rings (SSSR count). The Hall–Kier alpha value is -1.99. The van der Waals surface area contributed by atoms with Gasteiger partial charge in [-0.2, -0.15) is 18.4 Å². The minimum atomic E-state index is -4.48. The van der Waals surface area contributed by atoms with E-state index in [4.69, 9.17) is 16.9 Å². The first-order valence-electron chi connectivity index (χ1n) is 5.29. The molecule has 0 aromatic heterocycles. The summed E-state index contributed by atoms with van der Waals surface area (Å²) >= 11 is 5.66. The zero-order chi connectivity index (χ0) is 14.0. The quantitative estimate of drug-likeness (QED) is 0.729. The number of alkyl halides is 3. The number of hydrogen-bond acceptors (Lipinski definition) is 1. The van der Waals surface area contributed by atoms with Crippen LogP contribution in [0.4, 0.5) is 13.2 Å². The highest BCUT2D eigenvalue weighted by atomic mass is 35.5. The molecule has 0 saturated carbocycles. The van der Waals surface area contributed by atoms with Gasteiger partial charge in [0.1, 0.15) is 0 Å². The van der Waals surface area contributed by atoms with Crippen LogP contribution in [0.2, 0.25) is 5.02 Å². The van der Waals surface area contributed by atoms with Gasteiger partial charge in [0, 0.05) is 0 Å². The number of benzene rings is 2. The van der Waals surface area contributed by atoms with Gasteiger partial charge in [-0.05, 0) is 29.3 Å². The molecule has 0 spiro atoms. The second-order valence-electron chi connectivity index (χ2n) is 3.85. The van der Waals surface area contributed by atoms with Crippen LogP contribution in [-0.4, -0.2) is 0 Å². The Bertz CT molecular complexity index is 656. The van der Waals surface area contributed by atoms with Crippen LogP contribution >= 0.6 is 11.6 Å². The van der Waals surface area contributed by atoms with E-state index in [0.717, 1.165) is 6.07 Å². The Morgan fingerprint density at radius 3 is 2.32 bits per heavy atom. The topological polar surface area (TPSA) is 23.8 Å². The van der Waals surface area contributed by atoms with Gasteiger partial charge in [0.15, 0.2) is 0 Å². The van der Waals surface area contributed by atoms with E-state index in [0.29, 0.717) is 16.7 Å². The molecule has 0 atom stereocenters. The molecule has 0 bridgehead atoms. The molecule has 1 nitrogen and oxygen atoms in total. The summed E-state index contributed by atoms with van der Waals surface area (Å²) in [4.78, 5) is 0. The molecule has 19 heavy (non-hydrogen) atoms. The standard InChI is InChI=1S/C14H7ClF3N/c15-13-7-9(5-6-12(13)14(16,17)18)11-4-2-1-3-10(11)8-19/h1-7H. The fourth-order valence-electron chi connectivity index (χ4n) is 1.74. The Labute approximate surface area is 112 Å². The maximum Gasteiger partial charge on any atom is 0.417 e. The van der Waals surface area contributed by atoms with Crippen molar-refractivity contribution in [2.45, 2.75) is 6.18 Å². The van der Waals surface area contributed by atoms with E-state index in [2.05, 4.69) is 0 Å². The van der Waals surface area contributed by atoms with Crippen LogP contribution in [0, 0.1) is 11.3 Å². The highest BCUT2D eigenvalue weighted by Gasteiger charge is 2.33. The molecule has 0 aliphatic rings. The molecular weight excluding hydrogens is 275 g/mol. The Morgan fingerprint density at radius 2 is 1.74 bits per heavy atom. The molecule has 5 heteroatoms. The third kappa shape index (κ3) is 2.72. The highest BCUT2D eigenvalue weighted by molar-refractivity contribution is 6.31. The maximum absolute atomic E-state index is 12.6. The molecule has 2 aromatic carbocycles. The summed E-state index contributed by atoms with van der Waals surface area (Å²) in [7, 11) is 0. The average molecular weight is 282 g/mol. The van der Waals surface area contributed by atoms with Gasteiger partial charge in [-0.1, -0.05) is 35.9 Å². The Morgan fingerprint density at radius 1 is 1.05 bits per heavy atom. The van der Waals surface area contributed by atoms with E-state index < -0.39 is 11.7 Å². The molecule has 0 radical (unpaired) electrons. The van der Waals surface area contributed by atoms with Gasteiger partial charge in [0.05, 0.1) is 22.2 Å². The predicted octanol–water partition coefficient (Wildman–Crippen LogP) is 4.90. The molecule has 0 unspecified atom stereocenters. The predicted molar refractivity (Wildman–Crippen MR) is 66.6 cm³/mol. The van der Waals surface area contributed by atoms with Crippen molar-refractivity contribution in [1.82, 2.24) is 0 Å². The van der Waals surface area contributed by atoms with Crippen LogP contribution in [-0.2, 0) is 6.18 Å². The first kappa shape index (κ1) is 13.4. The van der Waals surface area contributed by atoms with Crippen molar-refractivity contribution < 1.29 is 13.2 Å². The average Bonchev–Trinajstić information content (AvgIpc) is 2.37. The largest absolute Gasteiger partial charge is 0.417 e. The van der Waals surface area contributed by atoms with Crippen molar-refractivity contribution in [2.24, 2.45) is 0 Å². The Kier molecular flexibility index (Phi) is 3.50. The van der Waals surface area contributed by atoms with Crippen molar-refractivity contribution >= 4 is 11.6 Å². The third-order valence-corrected chi connectivity index (χ3v) is 2.95. The molecule has 0 heterocycles. The van der Waals surface area contributed by atoms with Crippen LogP contribution in [0.1, 0.15) is 11.1 Å². The molecule has 0 amide bonds. The number of nitrogens with zero attached hydrogens (tertiary/aromatic N) is 1. The zero-order valence-electron chi connectivity index (χ0n) is 9.50. The van der Waals surface area contributed by atoms with E-state index in [-0.39, 0.29) is 5.02 Å². The van der Waals surface area contributed by atoms with Gasteiger partial charge in [-0.3, -0.25) is 0 Å². The fraction of sp³-hybridized carbons (Fsp3) is 0.0714. The number of halogens is 4. The SMILES string of the molecule is N#Cc1ccccc1-c1ccc(C(F)(F)F)c(Cl)c1. The van der Waals surface area contributed by atoms with Gasteiger partial charge in [0.2, 0.25) is 0 Å². The number of hydrogen-bond donors (Lipinski definition) is 0. The summed E-state index contributed by atoms with van der Waals surface area (Å²) in [5, 5.41) is 8.59. The lowest BCUT2D eigenvalue weighted by Gasteiger charge is -2.11. The first-order chi connectivity index (χ1) is 8.93. The summed E-state index contributed by atoms with van der Waals surface area (Å²) in [5.74, 6) is 0. The van der Waals surface area contributed by atoms with Crippen LogP contribution in [0.25, 0.3) is 11.1 Å². The lowest BCUT2D eigenvalue weighted by atomic mass is 9.99.